The number of nitrogens with zero attached hydrogens (tertiary/aromatic N) is 1. The van der Waals surface area contributed by atoms with Crippen LogP contribution in [0, 0.1) is 0 Å². The summed E-state index contributed by atoms with van der Waals surface area (Å²) in [5.41, 5.74) is 1.47. The molecule has 1 unspecified atom stereocenters. The molecule has 1 aliphatic rings. The van der Waals surface area contributed by atoms with Crippen molar-refractivity contribution in [1.29, 1.82) is 0 Å². The lowest BCUT2D eigenvalue weighted by molar-refractivity contribution is -0.123. The molecule has 0 radical (unpaired) electrons. The van der Waals surface area contributed by atoms with Crippen LogP contribution in [0.4, 0.5) is 5.69 Å². The number of nitrogens with two attached hydrogens (primary N) is 1. The molecule has 0 saturated carbocycles. The zero-order chi connectivity index (χ0) is 19.6. The van der Waals surface area contributed by atoms with Gasteiger partial charge in [0.15, 0.2) is 0 Å². The summed E-state index contributed by atoms with van der Waals surface area (Å²) in [6, 6.07) is 13.1. The van der Waals surface area contributed by atoms with E-state index in [1.807, 2.05) is 24.3 Å². The number of thioether (sulfide) groups is 1. The second-order valence-corrected chi connectivity index (χ2v) is 8.72. The molecule has 0 spiro atoms. The van der Waals surface area contributed by atoms with E-state index >= 15 is 0 Å². The molecule has 7 nitrogen and oxygen atoms in total. The molecule has 3 rings (SSSR count). The van der Waals surface area contributed by atoms with Crippen LogP contribution in [-0.4, -0.2) is 32.5 Å². The highest BCUT2D eigenvalue weighted by atomic mass is 32.2. The van der Waals surface area contributed by atoms with Crippen LogP contribution in [0.5, 0.6) is 0 Å². The fourth-order valence-electron chi connectivity index (χ4n) is 2.79. The Morgan fingerprint density at radius 1 is 1.22 bits per heavy atom. The molecule has 3 N–H and O–H groups in total. The lowest BCUT2D eigenvalue weighted by atomic mass is 10.1. The molecule has 2 aromatic carbocycles. The van der Waals surface area contributed by atoms with Gasteiger partial charge in [-0.05, 0) is 36.8 Å². The summed E-state index contributed by atoms with van der Waals surface area (Å²) in [6.07, 6.45) is 0. The van der Waals surface area contributed by atoms with Crippen molar-refractivity contribution < 1.29 is 18.0 Å². The number of sulfonamides is 1. The number of para-hydroxylation sites is 1. The third-order valence-corrected chi connectivity index (χ3v) is 6.17. The Hall–Kier alpha value is -2.36. The van der Waals surface area contributed by atoms with Crippen molar-refractivity contribution in [3.05, 3.63) is 54.1 Å². The number of hydrogen-bond donors (Lipinski definition) is 2. The first-order valence-corrected chi connectivity index (χ1v) is 10.7. The number of benzene rings is 2. The van der Waals surface area contributed by atoms with Crippen LogP contribution in [0.2, 0.25) is 0 Å². The highest BCUT2D eigenvalue weighted by Gasteiger charge is 2.26. The molecule has 1 aliphatic heterocycles. The van der Waals surface area contributed by atoms with Crippen LogP contribution in [-0.2, 0) is 19.6 Å². The smallest absolute Gasteiger partial charge is 0.240 e. The quantitative estimate of drug-likeness (QED) is 0.786. The van der Waals surface area contributed by atoms with Crippen LogP contribution in [0.3, 0.4) is 0 Å². The number of carbonyl (C=O) groups excluding carboxylic acids is 2. The molecule has 0 saturated heterocycles. The minimum atomic E-state index is -3.76. The normalized spacial score (nSPS) is 15.2. The number of rotatable bonds is 5. The maximum Gasteiger partial charge on any atom is 0.240 e. The minimum Gasteiger partial charge on any atom is -0.348 e. The number of hydrogen-bond acceptors (Lipinski definition) is 5. The first kappa shape index (κ1) is 19.4. The summed E-state index contributed by atoms with van der Waals surface area (Å²) in [5, 5.41) is 7.92. The summed E-state index contributed by atoms with van der Waals surface area (Å²) in [6.45, 7) is 1.71. The van der Waals surface area contributed by atoms with E-state index in [9.17, 15) is 18.0 Å². The molecule has 142 valence electrons. The Bertz CT molecular complexity index is 974. The first-order valence-electron chi connectivity index (χ1n) is 8.20. The Balaban J connectivity index is 1.68. The lowest BCUT2D eigenvalue weighted by Crippen LogP contribution is -2.43. The fourth-order valence-corrected chi connectivity index (χ4v) is 4.24. The Morgan fingerprint density at radius 2 is 1.89 bits per heavy atom. The van der Waals surface area contributed by atoms with Gasteiger partial charge in [0.25, 0.3) is 0 Å². The van der Waals surface area contributed by atoms with Gasteiger partial charge in [-0.3, -0.25) is 9.59 Å². The van der Waals surface area contributed by atoms with Crippen molar-refractivity contribution in [2.24, 2.45) is 5.14 Å². The van der Waals surface area contributed by atoms with E-state index < -0.39 is 10.0 Å². The van der Waals surface area contributed by atoms with E-state index in [4.69, 9.17) is 5.14 Å². The molecule has 0 aliphatic carbocycles. The monoisotopic (exact) mass is 405 g/mol. The van der Waals surface area contributed by atoms with Gasteiger partial charge in [0.1, 0.15) is 6.54 Å². The van der Waals surface area contributed by atoms with E-state index in [1.165, 1.54) is 28.8 Å². The van der Waals surface area contributed by atoms with Gasteiger partial charge in [-0.2, -0.15) is 0 Å². The van der Waals surface area contributed by atoms with Gasteiger partial charge in [0.2, 0.25) is 21.8 Å². The average molecular weight is 406 g/mol. The summed E-state index contributed by atoms with van der Waals surface area (Å²) in [5.74, 6) is -0.110. The number of amides is 2. The van der Waals surface area contributed by atoms with Crippen molar-refractivity contribution in [3.8, 4) is 0 Å². The van der Waals surface area contributed by atoms with Gasteiger partial charge >= 0.3 is 0 Å². The highest BCUT2D eigenvalue weighted by molar-refractivity contribution is 8.00. The van der Waals surface area contributed by atoms with Crippen LogP contribution >= 0.6 is 11.8 Å². The van der Waals surface area contributed by atoms with Crippen molar-refractivity contribution in [1.82, 2.24) is 5.32 Å². The maximum absolute atomic E-state index is 12.4. The second kappa shape index (κ2) is 7.71. The number of carbonyl (C=O) groups is 2. The molecule has 1 heterocycles. The largest absolute Gasteiger partial charge is 0.348 e. The Kier molecular flexibility index (Phi) is 5.54. The summed E-state index contributed by atoms with van der Waals surface area (Å²) in [7, 11) is -3.76. The fraction of sp³-hybridized carbons (Fsp3) is 0.222. The zero-order valence-corrected chi connectivity index (χ0v) is 16.2. The molecule has 2 aromatic rings. The average Bonchev–Trinajstić information content (AvgIpc) is 2.63. The van der Waals surface area contributed by atoms with Gasteiger partial charge in [0.05, 0.1) is 22.4 Å². The lowest BCUT2D eigenvalue weighted by Gasteiger charge is -2.28. The number of nitrogens with one attached hydrogen (secondary N) is 1. The summed E-state index contributed by atoms with van der Waals surface area (Å²) >= 11 is 1.46. The van der Waals surface area contributed by atoms with Crippen molar-refractivity contribution in [3.63, 3.8) is 0 Å². The highest BCUT2D eigenvalue weighted by Crippen LogP contribution is 2.34. The molecule has 1 atom stereocenters. The summed E-state index contributed by atoms with van der Waals surface area (Å²) < 4.78 is 22.6. The van der Waals surface area contributed by atoms with E-state index in [-0.39, 0.29) is 29.3 Å². The molecular weight excluding hydrogens is 386 g/mol. The van der Waals surface area contributed by atoms with E-state index in [1.54, 1.807) is 19.1 Å². The standard InChI is InChI=1S/C18H19N3O4S2/c1-12(13-6-8-14(9-7-13)27(19,24)25)20-17(22)10-21-15-4-2-3-5-16(15)26-11-18(21)23/h2-9,12H,10-11H2,1H3,(H,20,22)(H2,19,24,25). The van der Waals surface area contributed by atoms with E-state index in [2.05, 4.69) is 5.32 Å². The number of anilines is 1. The molecule has 2 amide bonds. The molecule has 27 heavy (non-hydrogen) atoms. The molecule has 9 heteroatoms. The third-order valence-electron chi connectivity index (χ3n) is 4.20. The second-order valence-electron chi connectivity index (χ2n) is 6.14. The molecule has 0 aromatic heterocycles. The van der Waals surface area contributed by atoms with Crippen molar-refractivity contribution in [2.45, 2.75) is 22.8 Å². The predicted molar refractivity (Wildman–Crippen MR) is 104 cm³/mol. The van der Waals surface area contributed by atoms with Gasteiger partial charge in [-0.25, -0.2) is 13.6 Å². The molecular formula is C18H19N3O4S2. The predicted octanol–water partition coefficient (Wildman–Crippen LogP) is 1.65. The molecule has 0 fully saturated rings. The van der Waals surface area contributed by atoms with Gasteiger partial charge in [-0.15, -0.1) is 11.8 Å². The Labute approximate surface area is 162 Å². The van der Waals surface area contributed by atoms with Crippen LogP contribution < -0.4 is 15.4 Å². The van der Waals surface area contributed by atoms with E-state index in [0.29, 0.717) is 5.75 Å². The molecule has 0 bridgehead atoms. The summed E-state index contributed by atoms with van der Waals surface area (Å²) in [4.78, 5) is 27.1. The van der Waals surface area contributed by atoms with Gasteiger partial charge < -0.3 is 10.2 Å². The van der Waals surface area contributed by atoms with Crippen molar-refractivity contribution >= 4 is 39.3 Å². The van der Waals surface area contributed by atoms with Gasteiger partial charge in [-0.1, -0.05) is 24.3 Å². The Morgan fingerprint density at radius 3 is 2.56 bits per heavy atom. The zero-order valence-electron chi connectivity index (χ0n) is 14.6. The number of primary sulfonamides is 1. The maximum atomic E-state index is 12.4. The minimum absolute atomic E-state index is 0.0118. The van der Waals surface area contributed by atoms with Crippen LogP contribution in [0.15, 0.2) is 58.3 Å². The van der Waals surface area contributed by atoms with Crippen LogP contribution in [0.25, 0.3) is 0 Å². The van der Waals surface area contributed by atoms with Crippen LogP contribution in [0.1, 0.15) is 18.5 Å². The first-order chi connectivity index (χ1) is 12.8. The topological polar surface area (TPSA) is 110 Å². The van der Waals surface area contributed by atoms with E-state index in [0.717, 1.165) is 16.1 Å². The van der Waals surface area contributed by atoms with Gasteiger partial charge in [0, 0.05) is 4.90 Å². The van der Waals surface area contributed by atoms with Crippen molar-refractivity contribution in [2.75, 3.05) is 17.2 Å². The third kappa shape index (κ3) is 4.49. The SMILES string of the molecule is CC(NC(=O)CN1C(=O)CSc2ccccc21)c1ccc(S(N)(=O)=O)cc1. The number of fused-ring (bicyclic) bond motifs is 1.